The van der Waals surface area contributed by atoms with E-state index in [1.807, 2.05) is 0 Å². The first-order valence-corrected chi connectivity index (χ1v) is 8.22. The van der Waals surface area contributed by atoms with Crippen molar-refractivity contribution in [1.82, 2.24) is 0 Å². The Labute approximate surface area is 138 Å². The zero-order valence-corrected chi connectivity index (χ0v) is 13.4. The van der Waals surface area contributed by atoms with Crippen LogP contribution in [0.5, 0.6) is 11.5 Å². The van der Waals surface area contributed by atoms with Gasteiger partial charge in [-0.1, -0.05) is 18.2 Å². The van der Waals surface area contributed by atoms with Crippen LogP contribution in [0, 0.1) is 0 Å². The van der Waals surface area contributed by atoms with Crippen molar-refractivity contribution in [3.05, 3.63) is 53.6 Å². The number of rotatable bonds is 5. The van der Waals surface area contributed by atoms with Gasteiger partial charge in [0, 0.05) is 0 Å². The number of phenols is 1. The molecular weight excluding hydrogens is 334 g/mol. The Morgan fingerprint density at radius 1 is 1.17 bits per heavy atom. The molecule has 0 heterocycles. The van der Waals surface area contributed by atoms with Crippen molar-refractivity contribution in [2.45, 2.75) is 4.90 Å². The molecule has 24 heavy (non-hydrogen) atoms. The second-order valence-electron chi connectivity index (χ2n) is 4.86. The van der Waals surface area contributed by atoms with Gasteiger partial charge in [-0.15, -0.1) is 0 Å². The van der Waals surface area contributed by atoms with Gasteiger partial charge in [-0.2, -0.15) is 0 Å². The summed E-state index contributed by atoms with van der Waals surface area (Å²) in [6, 6.07) is 9.58. The van der Waals surface area contributed by atoms with Crippen LogP contribution in [-0.4, -0.2) is 31.7 Å². The van der Waals surface area contributed by atoms with Gasteiger partial charge in [-0.25, -0.2) is 18.4 Å². The van der Waals surface area contributed by atoms with Gasteiger partial charge in [-0.05, 0) is 41.5 Å². The van der Waals surface area contributed by atoms with Crippen molar-refractivity contribution in [3.63, 3.8) is 0 Å². The van der Waals surface area contributed by atoms with Crippen LogP contribution < -0.4 is 9.88 Å². The van der Waals surface area contributed by atoms with Crippen molar-refractivity contribution in [2.75, 3.05) is 7.11 Å². The lowest BCUT2D eigenvalue weighted by atomic mass is 10.0. The number of aromatic hydroxyl groups is 1. The number of benzene rings is 2. The molecule has 0 fully saturated rings. The number of primary sulfonamides is 1. The maximum atomic E-state index is 11.5. The number of hydrogen-bond donors (Lipinski definition) is 3. The highest BCUT2D eigenvalue weighted by molar-refractivity contribution is 7.89. The summed E-state index contributed by atoms with van der Waals surface area (Å²) in [5, 5.41) is 24.0. The average molecular weight is 349 g/mol. The summed E-state index contributed by atoms with van der Waals surface area (Å²) < 4.78 is 27.5. The normalized spacial score (nSPS) is 12.0. The molecule has 8 heteroatoms. The highest BCUT2D eigenvalue weighted by atomic mass is 32.2. The quantitative estimate of drug-likeness (QED) is 0.557. The van der Waals surface area contributed by atoms with Gasteiger partial charge in [0.25, 0.3) is 0 Å². The first-order chi connectivity index (χ1) is 11.2. The van der Waals surface area contributed by atoms with Gasteiger partial charge in [-0.3, -0.25) is 0 Å². The van der Waals surface area contributed by atoms with Crippen molar-refractivity contribution < 1.29 is 28.2 Å². The first kappa shape index (κ1) is 17.5. The van der Waals surface area contributed by atoms with Crippen LogP contribution in [0.15, 0.2) is 47.4 Å². The third kappa shape index (κ3) is 3.92. The van der Waals surface area contributed by atoms with Gasteiger partial charge in [0.15, 0.2) is 11.5 Å². The van der Waals surface area contributed by atoms with E-state index in [2.05, 4.69) is 0 Å². The third-order valence-electron chi connectivity index (χ3n) is 3.24. The van der Waals surface area contributed by atoms with E-state index >= 15 is 0 Å². The molecule has 0 bridgehead atoms. The summed E-state index contributed by atoms with van der Waals surface area (Å²) in [4.78, 5) is 11.4. The largest absolute Gasteiger partial charge is 0.504 e. The van der Waals surface area contributed by atoms with Crippen LogP contribution in [0.3, 0.4) is 0 Å². The van der Waals surface area contributed by atoms with E-state index in [0.717, 1.165) is 0 Å². The zero-order chi connectivity index (χ0) is 17.9. The minimum absolute atomic E-state index is 0.0521. The molecule has 0 aliphatic heterocycles. The molecular formula is C16H15NO6S. The summed E-state index contributed by atoms with van der Waals surface area (Å²) >= 11 is 0. The smallest absolute Gasteiger partial charge is 0.336 e. The number of carboxylic acids is 1. The summed E-state index contributed by atoms with van der Waals surface area (Å²) in [5.41, 5.74) is 0.753. The minimum atomic E-state index is -3.85. The Bertz CT molecular complexity index is 901. The van der Waals surface area contributed by atoms with Gasteiger partial charge < -0.3 is 14.9 Å². The van der Waals surface area contributed by atoms with Crippen LogP contribution in [-0.2, 0) is 14.8 Å². The summed E-state index contributed by atoms with van der Waals surface area (Å²) in [6.45, 7) is 0. The van der Waals surface area contributed by atoms with Gasteiger partial charge >= 0.3 is 5.97 Å². The monoisotopic (exact) mass is 349 g/mol. The Hall–Kier alpha value is -2.84. The number of ether oxygens (including phenoxy) is 1. The standard InChI is InChI=1S/C16H15NO6S/c1-23-15-9-10(2-7-14(15)18)8-13(16(19)20)11-3-5-12(6-4-11)24(17,21)22/h2-9,18H,1H3,(H,19,20)(H2,17,21,22)/b13-8+. The van der Waals surface area contributed by atoms with E-state index in [-0.39, 0.29) is 22.0 Å². The van der Waals surface area contributed by atoms with Crippen LogP contribution in [0.1, 0.15) is 11.1 Å². The Kier molecular flexibility index (Phi) is 4.91. The molecule has 0 unspecified atom stereocenters. The molecule has 2 aromatic carbocycles. The summed E-state index contributed by atoms with van der Waals surface area (Å²) in [7, 11) is -2.47. The summed E-state index contributed by atoms with van der Waals surface area (Å²) in [6.07, 6.45) is 1.39. The lowest BCUT2D eigenvalue weighted by molar-refractivity contribution is -0.130. The molecule has 0 aliphatic carbocycles. The number of hydrogen-bond acceptors (Lipinski definition) is 5. The molecule has 2 rings (SSSR count). The van der Waals surface area contributed by atoms with E-state index in [1.165, 1.54) is 55.7 Å². The predicted octanol–water partition coefficient (Wildman–Crippen LogP) is 1.67. The van der Waals surface area contributed by atoms with Crippen molar-refractivity contribution in [3.8, 4) is 11.5 Å². The van der Waals surface area contributed by atoms with Gasteiger partial charge in [0.05, 0.1) is 17.6 Å². The molecule has 0 aromatic heterocycles. The molecule has 0 aliphatic rings. The number of carbonyl (C=O) groups is 1. The maximum Gasteiger partial charge on any atom is 0.336 e. The SMILES string of the molecule is COc1cc(/C=C(/C(=O)O)c2ccc(S(N)(=O)=O)cc2)ccc1O. The average Bonchev–Trinajstić information content (AvgIpc) is 2.53. The van der Waals surface area contributed by atoms with E-state index in [4.69, 9.17) is 9.88 Å². The van der Waals surface area contributed by atoms with Crippen molar-refractivity contribution >= 4 is 27.6 Å². The fourth-order valence-corrected chi connectivity index (χ4v) is 2.56. The fraction of sp³-hybridized carbons (Fsp3) is 0.0625. The van der Waals surface area contributed by atoms with Crippen molar-refractivity contribution in [2.24, 2.45) is 5.14 Å². The van der Waals surface area contributed by atoms with Crippen LogP contribution in [0.25, 0.3) is 11.6 Å². The van der Waals surface area contributed by atoms with E-state index in [1.54, 1.807) is 0 Å². The Balaban J connectivity index is 2.48. The third-order valence-corrected chi connectivity index (χ3v) is 4.17. The zero-order valence-electron chi connectivity index (χ0n) is 12.6. The fourth-order valence-electron chi connectivity index (χ4n) is 2.04. The molecule has 4 N–H and O–H groups in total. The van der Waals surface area contributed by atoms with E-state index in [9.17, 15) is 23.4 Å². The minimum Gasteiger partial charge on any atom is -0.504 e. The molecule has 126 valence electrons. The second kappa shape index (κ2) is 6.73. The maximum absolute atomic E-state index is 11.5. The molecule has 2 aromatic rings. The Morgan fingerprint density at radius 2 is 1.79 bits per heavy atom. The molecule has 0 saturated carbocycles. The highest BCUT2D eigenvalue weighted by Crippen LogP contribution is 2.28. The Morgan fingerprint density at radius 3 is 2.29 bits per heavy atom. The lowest BCUT2D eigenvalue weighted by Crippen LogP contribution is -2.12. The number of carboxylic acid groups (broad SMARTS) is 1. The van der Waals surface area contributed by atoms with E-state index < -0.39 is 16.0 Å². The van der Waals surface area contributed by atoms with E-state index in [0.29, 0.717) is 11.1 Å². The molecule has 7 nitrogen and oxygen atoms in total. The van der Waals surface area contributed by atoms with Crippen LogP contribution in [0.4, 0.5) is 0 Å². The number of sulfonamides is 1. The molecule has 0 atom stereocenters. The summed E-state index contributed by atoms with van der Waals surface area (Å²) in [5.74, 6) is -1.05. The number of methoxy groups -OCH3 is 1. The van der Waals surface area contributed by atoms with Crippen LogP contribution in [0.2, 0.25) is 0 Å². The molecule has 0 spiro atoms. The predicted molar refractivity (Wildman–Crippen MR) is 88.0 cm³/mol. The number of aliphatic carboxylic acids is 1. The first-order valence-electron chi connectivity index (χ1n) is 6.67. The topological polar surface area (TPSA) is 127 Å². The second-order valence-corrected chi connectivity index (χ2v) is 6.43. The molecule has 0 radical (unpaired) electrons. The van der Waals surface area contributed by atoms with Crippen molar-refractivity contribution in [1.29, 1.82) is 0 Å². The highest BCUT2D eigenvalue weighted by Gasteiger charge is 2.13. The molecule has 0 amide bonds. The number of phenolic OH excluding ortho intramolecular Hbond substituents is 1. The number of nitrogens with two attached hydrogens (primary N) is 1. The lowest BCUT2D eigenvalue weighted by Gasteiger charge is -2.07. The van der Waals surface area contributed by atoms with Gasteiger partial charge in [0.1, 0.15) is 0 Å². The van der Waals surface area contributed by atoms with Crippen LogP contribution >= 0.6 is 0 Å². The van der Waals surface area contributed by atoms with Gasteiger partial charge in [0.2, 0.25) is 10.0 Å². The molecule has 0 saturated heterocycles.